The fraction of sp³-hybridized carbons (Fsp3) is 0.471. The van der Waals surface area contributed by atoms with Gasteiger partial charge in [-0.25, -0.2) is 4.39 Å². The summed E-state index contributed by atoms with van der Waals surface area (Å²) in [6, 6.07) is 13.9. The van der Waals surface area contributed by atoms with Crippen LogP contribution in [0.2, 0.25) is 0 Å². The molecule has 3 aliphatic rings. The lowest BCUT2D eigenvalue weighted by atomic mass is 9.76. The van der Waals surface area contributed by atoms with Crippen LogP contribution < -0.4 is 22.1 Å². The molecule has 0 radical (unpaired) electrons. The molecule has 11 heteroatoms. The smallest absolute Gasteiger partial charge is 0.423 e. The van der Waals surface area contributed by atoms with E-state index in [9.17, 15) is 19.5 Å². The van der Waals surface area contributed by atoms with Crippen LogP contribution in [-0.2, 0) is 40.3 Å². The molecule has 0 saturated carbocycles. The van der Waals surface area contributed by atoms with Crippen molar-refractivity contribution in [2.75, 3.05) is 0 Å². The topological polar surface area (TPSA) is 114 Å². The predicted molar refractivity (Wildman–Crippen MR) is 187 cm³/mol. The van der Waals surface area contributed by atoms with E-state index in [-0.39, 0.29) is 34.0 Å². The Morgan fingerprint density at radius 2 is 1.22 bits per heavy atom. The Kier molecular flexibility index (Phi) is 15.7. The Morgan fingerprint density at radius 3 is 1.82 bits per heavy atom. The van der Waals surface area contributed by atoms with Gasteiger partial charge in [-0.1, -0.05) is 106 Å². The maximum Gasteiger partial charge on any atom is 0.494 e. The van der Waals surface area contributed by atoms with Crippen molar-refractivity contribution in [1.29, 1.82) is 0 Å². The third-order valence-corrected chi connectivity index (χ3v) is 8.00. The van der Waals surface area contributed by atoms with Crippen molar-refractivity contribution in [1.82, 2.24) is 0 Å². The molecule has 0 saturated heterocycles. The van der Waals surface area contributed by atoms with Gasteiger partial charge in [-0.05, 0) is 67.6 Å². The van der Waals surface area contributed by atoms with Crippen molar-refractivity contribution in [3.05, 3.63) is 87.2 Å². The minimum atomic E-state index is -1.09. The molecule has 45 heavy (non-hydrogen) atoms. The molecule has 3 aromatic rings. The van der Waals surface area contributed by atoms with Gasteiger partial charge in [-0.2, -0.15) is 0 Å². The molecule has 0 amide bonds. The van der Waals surface area contributed by atoms with Crippen LogP contribution in [0.15, 0.2) is 42.5 Å². The highest BCUT2D eigenvalue weighted by molar-refractivity contribution is 6.62. The highest BCUT2D eigenvalue weighted by Gasteiger charge is 2.32. The number of halogens is 1. The summed E-state index contributed by atoms with van der Waals surface area (Å²) in [6.45, 7) is 14.2. The van der Waals surface area contributed by atoms with Gasteiger partial charge >= 0.3 is 21.4 Å². The van der Waals surface area contributed by atoms with Crippen molar-refractivity contribution in [3.8, 4) is 0 Å². The van der Waals surface area contributed by atoms with Gasteiger partial charge in [0.2, 0.25) is 0 Å². The predicted octanol–water partition coefficient (Wildman–Crippen LogP) is 4.59. The zero-order valence-electron chi connectivity index (χ0n) is 25.4. The van der Waals surface area contributed by atoms with Crippen molar-refractivity contribution in [3.63, 3.8) is 0 Å². The van der Waals surface area contributed by atoms with Crippen molar-refractivity contribution < 1.29 is 33.4 Å². The fourth-order valence-electron chi connectivity index (χ4n) is 5.28. The van der Waals surface area contributed by atoms with E-state index in [1.807, 2.05) is 38.1 Å². The van der Waals surface area contributed by atoms with Gasteiger partial charge in [0.25, 0.3) is 0 Å². The summed E-state index contributed by atoms with van der Waals surface area (Å²) >= 11 is 0. The molecule has 0 bridgehead atoms. The second kappa shape index (κ2) is 17.4. The van der Waals surface area contributed by atoms with Gasteiger partial charge in [-0.15, -0.1) is 0 Å². The minimum absolute atomic E-state index is 0. The second-order valence-electron chi connectivity index (χ2n) is 11.9. The zero-order chi connectivity index (χ0) is 30.7. The van der Waals surface area contributed by atoms with Gasteiger partial charge < -0.3 is 34.8 Å². The molecular formula is C34H53B3FNO6. The molecular weight excluding hydrogens is 570 g/mol. The average molecular weight is 623 g/mol. The standard InChI is InChI=1S/C11H16BNO2.C10H12BFO2.C10H13BO2.3CH4/c1-7(2)8-3-9(5-13)10-6-15-12(14)11(10)4-8;1-6(2)8-4-3-7-5-14-11(13)9(7)10(8)12;1-7(2)8-3-4-9-6-13-11(12)10(9)5-8;;;/h3-4,7,14H,5-6,13H2,1-2H3;3-4,6,13H,5H2,1-2H3;3-5,7,12H,6H2,1-2H3;3*1H4. The monoisotopic (exact) mass is 623 g/mol. The van der Waals surface area contributed by atoms with Crippen LogP contribution in [0.5, 0.6) is 0 Å². The Balaban J connectivity index is 0.000000327. The average Bonchev–Trinajstić information content (AvgIpc) is 3.65. The SMILES string of the molecule is C.C.C.CC(C)c1cc(CN)c2c(c1)B(O)OC2.CC(C)c1ccc2c(c1)B(O)OC2.CC(C)c1ccc2c(c1F)B(O)OC2. The molecule has 5 N–H and O–H groups in total. The van der Waals surface area contributed by atoms with E-state index in [0.717, 1.165) is 33.2 Å². The third kappa shape index (κ3) is 9.07. The van der Waals surface area contributed by atoms with Crippen LogP contribution in [0.25, 0.3) is 0 Å². The Morgan fingerprint density at radius 1 is 0.689 bits per heavy atom. The van der Waals surface area contributed by atoms with Gasteiger partial charge in [0.15, 0.2) is 0 Å². The number of benzene rings is 3. The fourth-order valence-corrected chi connectivity index (χ4v) is 5.28. The van der Waals surface area contributed by atoms with E-state index in [2.05, 4.69) is 39.8 Å². The first-order valence-electron chi connectivity index (χ1n) is 14.6. The van der Waals surface area contributed by atoms with Crippen molar-refractivity contribution in [2.24, 2.45) is 5.73 Å². The van der Waals surface area contributed by atoms with E-state index < -0.39 is 21.4 Å². The normalized spacial score (nSPS) is 14.0. The molecule has 7 nitrogen and oxygen atoms in total. The summed E-state index contributed by atoms with van der Waals surface area (Å²) in [5, 5.41) is 28.5. The van der Waals surface area contributed by atoms with E-state index in [0.29, 0.717) is 49.2 Å². The molecule has 0 aliphatic carbocycles. The molecule has 0 unspecified atom stereocenters. The quantitative estimate of drug-likeness (QED) is 0.315. The van der Waals surface area contributed by atoms with Gasteiger partial charge in [0.1, 0.15) is 5.82 Å². The van der Waals surface area contributed by atoms with E-state index in [1.54, 1.807) is 6.07 Å². The van der Waals surface area contributed by atoms with Crippen LogP contribution in [-0.4, -0.2) is 36.4 Å². The van der Waals surface area contributed by atoms with Gasteiger partial charge in [0.05, 0.1) is 19.8 Å². The molecule has 246 valence electrons. The number of fused-ring (bicyclic) bond motifs is 3. The molecule has 6 rings (SSSR count). The number of nitrogens with two attached hydrogens (primary N) is 1. The zero-order valence-corrected chi connectivity index (χ0v) is 25.4. The van der Waals surface area contributed by atoms with Crippen LogP contribution in [0.1, 0.15) is 121 Å². The molecule has 0 aromatic heterocycles. The van der Waals surface area contributed by atoms with E-state index in [1.165, 1.54) is 11.1 Å². The van der Waals surface area contributed by atoms with Gasteiger partial charge in [0, 0.05) is 12.0 Å². The van der Waals surface area contributed by atoms with Crippen LogP contribution in [0.4, 0.5) is 4.39 Å². The summed E-state index contributed by atoms with van der Waals surface area (Å²) in [5.41, 5.74) is 14.9. The van der Waals surface area contributed by atoms with E-state index >= 15 is 0 Å². The first-order valence-corrected chi connectivity index (χ1v) is 14.6. The molecule has 0 fully saturated rings. The largest absolute Gasteiger partial charge is 0.494 e. The highest BCUT2D eigenvalue weighted by Crippen LogP contribution is 2.23. The number of hydrogen-bond acceptors (Lipinski definition) is 7. The lowest BCUT2D eigenvalue weighted by Gasteiger charge is -2.12. The van der Waals surface area contributed by atoms with Crippen LogP contribution in [0, 0.1) is 5.82 Å². The summed E-state index contributed by atoms with van der Waals surface area (Å²) < 4.78 is 29.1. The summed E-state index contributed by atoms with van der Waals surface area (Å²) in [4.78, 5) is 0. The summed E-state index contributed by atoms with van der Waals surface area (Å²) in [7, 11) is -2.58. The van der Waals surface area contributed by atoms with Crippen LogP contribution >= 0.6 is 0 Å². The first-order chi connectivity index (χ1) is 19.9. The first kappa shape index (κ1) is 40.5. The van der Waals surface area contributed by atoms with Gasteiger partial charge in [-0.3, -0.25) is 0 Å². The highest BCUT2D eigenvalue weighted by atomic mass is 19.1. The maximum atomic E-state index is 13.8. The molecule has 3 aliphatic heterocycles. The maximum absolute atomic E-state index is 13.8. The Bertz CT molecular complexity index is 1400. The molecule has 3 aromatic carbocycles. The second-order valence-corrected chi connectivity index (χ2v) is 11.9. The molecule has 0 atom stereocenters. The molecule has 0 spiro atoms. The van der Waals surface area contributed by atoms with Crippen LogP contribution in [0.3, 0.4) is 0 Å². The lowest BCUT2D eigenvalue weighted by Crippen LogP contribution is -2.32. The van der Waals surface area contributed by atoms with Crippen molar-refractivity contribution >= 4 is 37.7 Å². The number of hydrogen-bond donors (Lipinski definition) is 4. The van der Waals surface area contributed by atoms with E-state index in [4.69, 9.17) is 19.7 Å². The Labute approximate surface area is 271 Å². The lowest BCUT2D eigenvalue weighted by molar-refractivity contribution is 0.274. The van der Waals surface area contributed by atoms with Crippen molar-refractivity contribution in [2.45, 2.75) is 108 Å². The minimum Gasteiger partial charge on any atom is -0.423 e. The summed E-state index contributed by atoms with van der Waals surface area (Å²) in [6.07, 6.45) is 0. The number of rotatable bonds is 4. The third-order valence-electron chi connectivity index (χ3n) is 8.00. The molecule has 3 heterocycles. The Hall–Kier alpha value is -2.50. The summed E-state index contributed by atoms with van der Waals surface area (Å²) in [5.74, 6) is 0.738.